The smallest absolute Gasteiger partial charge is 0.0629 e. The van der Waals surface area contributed by atoms with E-state index in [-0.39, 0.29) is 12.0 Å². The summed E-state index contributed by atoms with van der Waals surface area (Å²) < 4.78 is 0. The average Bonchev–Trinajstić information content (AvgIpc) is 2.92. The maximum absolute atomic E-state index is 10.6. The molecule has 1 aromatic carbocycles. The van der Waals surface area contributed by atoms with Crippen LogP contribution in [0.15, 0.2) is 48.7 Å². The van der Waals surface area contributed by atoms with Gasteiger partial charge in [0.05, 0.1) is 6.10 Å². The SMILES string of the molecule is CC(CC(O)C1CCc2cccnc21)c1ccccc1. The van der Waals surface area contributed by atoms with Gasteiger partial charge in [-0.1, -0.05) is 43.3 Å². The molecule has 2 heteroatoms. The van der Waals surface area contributed by atoms with Gasteiger partial charge in [0.25, 0.3) is 0 Å². The molecule has 0 spiro atoms. The molecule has 1 aromatic heterocycles. The summed E-state index contributed by atoms with van der Waals surface area (Å²) >= 11 is 0. The zero-order chi connectivity index (χ0) is 13.9. The van der Waals surface area contributed by atoms with Crippen molar-refractivity contribution in [3.8, 4) is 0 Å². The Kier molecular flexibility index (Phi) is 3.83. The molecular formula is C18H21NO. The summed E-state index contributed by atoms with van der Waals surface area (Å²) in [6, 6.07) is 14.5. The Morgan fingerprint density at radius 1 is 1.20 bits per heavy atom. The lowest BCUT2D eigenvalue weighted by molar-refractivity contribution is 0.125. The molecule has 3 atom stereocenters. The second-order valence-electron chi connectivity index (χ2n) is 5.81. The molecule has 0 aliphatic heterocycles. The summed E-state index contributed by atoms with van der Waals surface area (Å²) in [5, 5.41) is 10.6. The number of rotatable bonds is 4. The Labute approximate surface area is 120 Å². The summed E-state index contributed by atoms with van der Waals surface area (Å²) in [7, 11) is 0. The number of pyridine rings is 1. The van der Waals surface area contributed by atoms with Crippen molar-refractivity contribution < 1.29 is 5.11 Å². The van der Waals surface area contributed by atoms with Crippen molar-refractivity contribution in [1.29, 1.82) is 0 Å². The lowest BCUT2D eigenvalue weighted by Crippen LogP contribution is -2.19. The molecule has 3 rings (SSSR count). The summed E-state index contributed by atoms with van der Waals surface area (Å²) in [6.45, 7) is 2.19. The van der Waals surface area contributed by atoms with Crippen LogP contribution in [0.25, 0.3) is 0 Å². The van der Waals surface area contributed by atoms with E-state index < -0.39 is 0 Å². The topological polar surface area (TPSA) is 33.1 Å². The maximum Gasteiger partial charge on any atom is 0.0629 e. The predicted molar refractivity (Wildman–Crippen MR) is 80.8 cm³/mol. The largest absolute Gasteiger partial charge is 0.392 e. The van der Waals surface area contributed by atoms with Crippen LogP contribution in [-0.4, -0.2) is 16.2 Å². The van der Waals surface area contributed by atoms with Crippen molar-refractivity contribution in [2.45, 2.75) is 44.1 Å². The van der Waals surface area contributed by atoms with Crippen LogP contribution in [0.4, 0.5) is 0 Å². The second kappa shape index (κ2) is 5.76. The van der Waals surface area contributed by atoms with E-state index in [4.69, 9.17) is 0 Å². The van der Waals surface area contributed by atoms with E-state index in [1.54, 1.807) is 0 Å². The monoisotopic (exact) mass is 267 g/mol. The van der Waals surface area contributed by atoms with E-state index in [1.807, 2.05) is 18.3 Å². The van der Waals surface area contributed by atoms with E-state index in [0.29, 0.717) is 5.92 Å². The molecule has 1 N–H and O–H groups in total. The first-order valence-corrected chi connectivity index (χ1v) is 7.42. The van der Waals surface area contributed by atoms with Gasteiger partial charge in [0, 0.05) is 17.8 Å². The minimum absolute atomic E-state index is 0.206. The molecule has 0 amide bonds. The highest BCUT2D eigenvalue weighted by molar-refractivity contribution is 5.30. The van der Waals surface area contributed by atoms with Crippen molar-refractivity contribution in [3.05, 3.63) is 65.5 Å². The minimum atomic E-state index is -0.304. The van der Waals surface area contributed by atoms with Gasteiger partial charge in [-0.05, 0) is 42.4 Å². The quantitative estimate of drug-likeness (QED) is 0.917. The molecule has 0 fully saturated rings. The normalized spacial score (nSPS) is 20.4. The number of benzene rings is 1. The summed E-state index contributed by atoms with van der Waals surface area (Å²) in [5.74, 6) is 0.580. The zero-order valence-electron chi connectivity index (χ0n) is 11.9. The molecule has 0 radical (unpaired) electrons. The zero-order valence-corrected chi connectivity index (χ0v) is 11.9. The highest BCUT2D eigenvalue weighted by atomic mass is 16.3. The highest BCUT2D eigenvalue weighted by Crippen LogP contribution is 2.36. The van der Waals surface area contributed by atoms with Crippen molar-refractivity contribution >= 4 is 0 Å². The van der Waals surface area contributed by atoms with Crippen LogP contribution in [0.2, 0.25) is 0 Å². The molecule has 1 aliphatic rings. The molecule has 0 saturated heterocycles. The number of aliphatic hydroxyl groups excluding tert-OH is 1. The van der Waals surface area contributed by atoms with Crippen molar-refractivity contribution in [2.24, 2.45) is 0 Å². The van der Waals surface area contributed by atoms with Gasteiger partial charge < -0.3 is 5.11 Å². The Morgan fingerprint density at radius 2 is 2.00 bits per heavy atom. The van der Waals surface area contributed by atoms with Gasteiger partial charge in [0.2, 0.25) is 0 Å². The molecule has 0 saturated carbocycles. The first-order valence-electron chi connectivity index (χ1n) is 7.42. The van der Waals surface area contributed by atoms with Crippen molar-refractivity contribution in [3.63, 3.8) is 0 Å². The average molecular weight is 267 g/mol. The van der Waals surface area contributed by atoms with Crippen LogP contribution < -0.4 is 0 Å². The molecule has 2 nitrogen and oxygen atoms in total. The third-order valence-corrected chi connectivity index (χ3v) is 4.43. The fraction of sp³-hybridized carbons (Fsp3) is 0.389. The Balaban J connectivity index is 1.70. The first kappa shape index (κ1) is 13.3. The maximum atomic E-state index is 10.6. The standard InChI is InChI=1S/C18H21NO/c1-13(14-6-3-2-4-7-14)12-17(20)16-10-9-15-8-5-11-19-18(15)16/h2-8,11,13,16-17,20H,9-10,12H2,1H3. The highest BCUT2D eigenvalue weighted by Gasteiger charge is 2.30. The van der Waals surface area contributed by atoms with Crippen LogP contribution in [-0.2, 0) is 6.42 Å². The molecule has 104 valence electrons. The van der Waals surface area contributed by atoms with Crippen LogP contribution in [0.5, 0.6) is 0 Å². The Hall–Kier alpha value is -1.67. The summed E-state index contributed by atoms with van der Waals surface area (Å²) in [4.78, 5) is 4.48. The van der Waals surface area contributed by atoms with E-state index in [9.17, 15) is 5.11 Å². The van der Waals surface area contributed by atoms with Crippen LogP contribution in [0.1, 0.15) is 48.4 Å². The van der Waals surface area contributed by atoms with Crippen LogP contribution in [0.3, 0.4) is 0 Å². The van der Waals surface area contributed by atoms with Crippen molar-refractivity contribution in [2.75, 3.05) is 0 Å². The Morgan fingerprint density at radius 3 is 2.80 bits per heavy atom. The number of aromatic nitrogens is 1. The van der Waals surface area contributed by atoms with Crippen LogP contribution >= 0.6 is 0 Å². The molecule has 1 aliphatic carbocycles. The van der Waals surface area contributed by atoms with Gasteiger partial charge in [-0.25, -0.2) is 0 Å². The number of hydrogen-bond acceptors (Lipinski definition) is 2. The third kappa shape index (κ3) is 2.61. The second-order valence-corrected chi connectivity index (χ2v) is 5.81. The number of hydrogen-bond donors (Lipinski definition) is 1. The number of nitrogens with zero attached hydrogens (tertiary/aromatic N) is 1. The molecule has 0 bridgehead atoms. The third-order valence-electron chi connectivity index (χ3n) is 4.43. The van der Waals surface area contributed by atoms with Gasteiger partial charge in [-0.3, -0.25) is 4.98 Å². The van der Waals surface area contributed by atoms with Gasteiger partial charge in [0.1, 0.15) is 0 Å². The number of fused-ring (bicyclic) bond motifs is 1. The lowest BCUT2D eigenvalue weighted by atomic mass is 9.88. The molecule has 1 heterocycles. The molecule has 20 heavy (non-hydrogen) atoms. The summed E-state index contributed by atoms with van der Waals surface area (Å²) in [6.07, 6.45) is 4.40. The minimum Gasteiger partial charge on any atom is -0.392 e. The van der Waals surface area contributed by atoms with E-state index >= 15 is 0 Å². The lowest BCUT2D eigenvalue weighted by Gasteiger charge is -2.22. The number of aryl methyl sites for hydroxylation is 1. The fourth-order valence-corrected chi connectivity index (χ4v) is 3.26. The summed E-state index contributed by atoms with van der Waals surface area (Å²) in [5.41, 5.74) is 3.72. The molecule has 3 unspecified atom stereocenters. The fourth-order valence-electron chi connectivity index (χ4n) is 3.26. The van der Waals surface area contributed by atoms with Gasteiger partial charge in [-0.15, -0.1) is 0 Å². The number of aliphatic hydroxyl groups is 1. The van der Waals surface area contributed by atoms with E-state index in [2.05, 4.69) is 42.2 Å². The first-order chi connectivity index (χ1) is 9.75. The van der Waals surface area contributed by atoms with Gasteiger partial charge in [-0.2, -0.15) is 0 Å². The van der Waals surface area contributed by atoms with Gasteiger partial charge in [0.15, 0.2) is 0 Å². The van der Waals surface area contributed by atoms with Gasteiger partial charge >= 0.3 is 0 Å². The van der Waals surface area contributed by atoms with E-state index in [1.165, 1.54) is 11.1 Å². The van der Waals surface area contributed by atoms with E-state index in [0.717, 1.165) is 25.0 Å². The molecular weight excluding hydrogens is 246 g/mol. The van der Waals surface area contributed by atoms with Crippen molar-refractivity contribution in [1.82, 2.24) is 4.98 Å². The van der Waals surface area contributed by atoms with Crippen LogP contribution in [0, 0.1) is 0 Å². The predicted octanol–water partition coefficient (Wildman–Crippen LogP) is 3.67. The molecule has 2 aromatic rings. The Bertz CT molecular complexity index is 567.